The molecule has 1 amide bonds. The lowest BCUT2D eigenvalue weighted by molar-refractivity contribution is -0.122. The van der Waals surface area contributed by atoms with E-state index in [0.29, 0.717) is 23.1 Å². The quantitative estimate of drug-likeness (QED) is 0.630. The highest BCUT2D eigenvalue weighted by molar-refractivity contribution is 6.30. The van der Waals surface area contributed by atoms with Gasteiger partial charge >= 0.3 is 0 Å². The molecule has 2 fully saturated rings. The van der Waals surface area contributed by atoms with Crippen molar-refractivity contribution in [3.8, 4) is 11.1 Å². The van der Waals surface area contributed by atoms with Gasteiger partial charge in [0.1, 0.15) is 11.7 Å². The van der Waals surface area contributed by atoms with Crippen molar-refractivity contribution in [2.24, 2.45) is 5.92 Å². The fourth-order valence-corrected chi connectivity index (χ4v) is 4.66. The number of anilines is 1. The summed E-state index contributed by atoms with van der Waals surface area (Å²) in [5.74, 6) is 1.07. The number of pyridine rings is 1. The van der Waals surface area contributed by atoms with Crippen molar-refractivity contribution in [3.05, 3.63) is 83.5 Å². The van der Waals surface area contributed by atoms with Crippen LogP contribution in [0.4, 0.5) is 5.82 Å². The SMILES string of the molecule is N=C1CC(c2cccc(-c3cccc(Cl)c3)c2)(C2CC2)C(=O)N1c1ccccn1. The molecule has 3 aromatic rings. The molecule has 29 heavy (non-hydrogen) atoms. The topological polar surface area (TPSA) is 57.1 Å². The van der Waals surface area contributed by atoms with E-state index in [1.165, 1.54) is 4.90 Å². The number of halogens is 1. The summed E-state index contributed by atoms with van der Waals surface area (Å²) in [4.78, 5) is 19.6. The summed E-state index contributed by atoms with van der Waals surface area (Å²) in [6.45, 7) is 0. The van der Waals surface area contributed by atoms with Crippen LogP contribution >= 0.6 is 11.6 Å². The third-order valence-electron chi connectivity index (χ3n) is 5.99. The van der Waals surface area contributed by atoms with Gasteiger partial charge in [0.2, 0.25) is 5.91 Å². The lowest BCUT2D eigenvalue weighted by Gasteiger charge is -2.28. The van der Waals surface area contributed by atoms with Crippen LogP contribution in [0, 0.1) is 11.3 Å². The molecule has 0 radical (unpaired) electrons. The maximum absolute atomic E-state index is 13.7. The zero-order valence-corrected chi connectivity index (χ0v) is 16.6. The highest BCUT2D eigenvalue weighted by Crippen LogP contribution is 2.54. The smallest absolute Gasteiger partial charge is 0.245 e. The van der Waals surface area contributed by atoms with E-state index < -0.39 is 5.41 Å². The van der Waals surface area contributed by atoms with E-state index in [2.05, 4.69) is 11.1 Å². The molecule has 2 aliphatic rings. The first-order chi connectivity index (χ1) is 14.1. The van der Waals surface area contributed by atoms with Crippen molar-refractivity contribution in [2.75, 3.05) is 4.90 Å². The van der Waals surface area contributed by atoms with Crippen molar-refractivity contribution in [1.82, 2.24) is 4.98 Å². The number of nitrogens with zero attached hydrogens (tertiary/aromatic N) is 2. The lowest BCUT2D eigenvalue weighted by atomic mass is 9.74. The van der Waals surface area contributed by atoms with Crippen LogP contribution in [-0.2, 0) is 10.2 Å². The molecular weight excluding hydrogens is 382 g/mol. The molecule has 0 bridgehead atoms. The Morgan fingerprint density at radius 3 is 2.45 bits per heavy atom. The van der Waals surface area contributed by atoms with Crippen molar-refractivity contribution < 1.29 is 4.79 Å². The zero-order chi connectivity index (χ0) is 20.0. The van der Waals surface area contributed by atoms with Gasteiger partial charge in [0.25, 0.3) is 0 Å². The first kappa shape index (κ1) is 18.1. The second-order valence-corrected chi connectivity index (χ2v) is 8.23. The molecule has 4 nitrogen and oxygen atoms in total. The van der Waals surface area contributed by atoms with Crippen LogP contribution in [0.5, 0.6) is 0 Å². The second kappa shape index (κ2) is 6.82. The molecule has 1 saturated heterocycles. The Morgan fingerprint density at radius 2 is 1.76 bits per heavy atom. The molecular formula is C24H20ClN3O. The minimum absolute atomic E-state index is 0.0352. The molecule has 1 aromatic heterocycles. The van der Waals surface area contributed by atoms with Crippen LogP contribution in [-0.4, -0.2) is 16.7 Å². The molecule has 1 saturated carbocycles. The number of nitrogens with one attached hydrogen (secondary N) is 1. The van der Waals surface area contributed by atoms with Gasteiger partial charge in [0, 0.05) is 17.6 Å². The standard InChI is InChI=1S/C24H20ClN3O/c25-20-8-4-6-17(14-20)16-5-3-7-19(13-16)24(18-10-11-18)15-21(26)28(23(24)29)22-9-1-2-12-27-22/h1-9,12-14,18,26H,10-11,15H2. The summed E-state index contributed by atoms with van der Waals surface area (Å²) in [6.07, 6.45) is 4.09. The van der Waals surface area contributed by atoms with E-state index in [9.17, 15) is 4.79 Å². The maximum Gasteiger partial charge on any atom is 0.245 e. The van der Waals surface area contributed by atoms with Crippen molar-refractivity contribution in [2.45, 2.75) is 24.7 Å². The molecule has 2 heterocycles. The highest BCUT2D eigenvalue weighted by atomic mass is 35.5. The number of carbonyl (C=O) groups excluding carboxylic acids is 1. The minimum Gasteiger partial charge on any atom is -0.288 e. The summed E-state index contributed by atoms with van der Waals surface area (Å²) in [7, 11) is 0. The molecule has 0 spiro atoms. The van der Waals surface area contributed by atoms with Gasteiger partial charge in [-0.05, 0) is 59.7 Å². The lowest BCUT2D eigenvalue weighted by Crippen LogP contribution is -2.40. The number of hydrogen-bond acceptors (Lipinski definition) is 3. The molecule has 1 aliphatic carbocycles. The molecule has 5 rings (SSSR count). The van der Waals surface area contributed by atoms with Gasteiger partial charge in [-0.3, -0.25) is 15.1 Å². The Balaban J connectivity index is 1.61. The van der Waals surface area contributed by atoms with Crippen LogP contribution in [0.1, 0.15) is 24.8 Å². The third-order valence-corrected chi connectivity index (χ3v) is 6.22. The summed E-state index contributed by atoms with van der Waals surface area (Å²) in [5, 5.41) is 9.28. The van der Waals surface area contributed by atoms with Crippen LogP contribution in [0.2, 0.25) is 5.02 Å². The molecule has 1 unspecified atom stereocenters. The van der Waals surface area contributed by atoms with Gasteiger partial charge in [0.15, 0.2) is 0 Å². The van der Waals surface area contributed by atoms with E-state index in [1.807, 2.05) is 54.6 Å². The summed E-state index contributed by atoms with van der Waals surface area (Å²) in [6, 6.07) is 21.3. The first-order valence-electron chi connectivity index (χ1n) is 9.79. The predicted molar refractivity (Wildman–Crippen MR) is 115 cm³/mol. The molecule has 1 N–H and O–H groups in total. The number of rotatable bonds is 4. The Hall–Kier alpha value is -2.98. The average Bonchev–Trinajstić information content (AvgIpc) is 3.55. The zero-order valence-electron chi connectivity index (χ0n) is 15.8. The van der Waals surface area contributed by atoms with E-state index in [-0.39, 0.29) is 11.8 Å². The van der Waals surface area contributed by atoms with Crippen molar-refractivity contribution in [3.63, 3.8) is 0 Å². The van der Waals surface area contributed by atoms with Gasteiger partial charge in [0.05, 0.1) is 5.41 Å². The highest BCUT2D eigenvalue weighted by Gasteiger charge is 2.59. The molecule has 1 aliphatic heterocycles. The molecule has 5 heteroatoms. The van der Waals surface area contributed by atoms with E-state index in [1.54, 1.807) is 12.3 Å². The summed E-state index contributed by atoms with van der Waals surface area (Å²) < 4.78 is 0. The maximum atomic E-state index is 13.7. The van der Waals surface area contributed by atoms with E-state index >= 15 is 0 Å². The molecule has 144 valence electrons. The number of amidine groups is 1. The normalized spacial score (nSPS) is 21.6. The van der Waals surface area contributed by atoms with E-state index in [4.69, 9.17) is 17.0 Å². The Labute approximate surface area is 174 Å². The number of amides is 1. The Morgan fingerprint density at radius 1 is 1.00 bits per heavy atom. The number of hydrogen-bond donors (Lipinski definition) is 1. The predicted octanol–water partition coefficient (Wildman–Crippen LogP) is 5.46. The second-order valence-electron chi connectivity index (χ2n) is 7.79. The molecule has 1 atom stereocenters. The molecule has 2 aromatic carbocycles. The first-order valence-corrected chi connectivity index (χ1v) is 10.2. The third kappa shape index (κ3) is 2.95. The van der Waals surface area contributed by atoms with Gasteiger partial charge in [-0.25, -0.2) is 4.98 Å². The van der Waals surface area contributed by atoms with Gasteiger partial charge < -0.3 is 0 Å². The average molecular weight is 402 g/mol. The van der Waals surface area contributed by atoms with Crippen molar-refractivity contribution in [1.29, 1.82) is 5.41 Å². The Bertz CT molecular complexity index is 1110. The fraction of sp³-hybridized carbons (Fsp3) is 0.208. The fourth-order valence-electron chi connectivity index (χ4n) is 4.47. The van der Waals surface area contributed by atoms with Gasteiger partial charge in [-0.2, -0.15) is 0 Å². The summed E-state index contributed by atoms with van der Waals surface area (Å²) in [5.41, 5.74) is 2.34. The number of benzene rings is 2. The monoisotopic (exact) mass is 401 g/mol. The van der Waals surface area contributed by atoms with Crippen LogP contribution < -0.4 is 4.90 Å². The van der Waals surface area contributed by atoms with Crippen LogP contribution in [0.25, 0.3) is 11.1 Å². The minimum atomic E-state index is -0.691. The van der Waals surface area contributed by atoms with E-state index in [0.717, 1.165) is 29.5 Å². The van der Waals surface area contributed by atoms with Crippen LogP contribution in [0.3, 0.4) is 0 Å². The Kier molecular flexibility index (Phi) is 4.25. The number of aromatic nitrogens is 1. The van der Waals surface area contributed by atoms with Gasteiger partial charge in [-0.1, -0.05) is 54.1 Å². The summed E-state index contributed by atoms with van der Waals surface area (Å²) >= 11 is 6.18. The largest absolute Gasteiger partial charge is 0.288 e. The van der Waals surface area contributed by atoms with Crippen molar-refractivity contribution >= 4 is 29.2 Å². The number of carbonyl (C=O) groups is 1. The van der Waals surface area contributed by atoms with Gasteiger partial charge in [-0.15, -0.1) is 0 Å². The van der Waals surface area contributed by atoms with Crippen LogP contribution in [0.15, 0.2) is 72.9 Å².